The molecule has 0 aliphatic carbocycles. The van der Waals surface area contributed by atoms with Crippen LogP contribution in [-0.4, -0.2) is 30.8 Å². The quantitative estimate of drug-likeness (QED) is 0.567. The van der Waals surface area contributed by atoms with Crippen molar-refractivity contribution in [3.8, 4) is 0 Å². The molecule has 0 aliphatic rings. The van der Waals surface area contributed by atoms with Gasteiger partial charge in [-0.1, -0.05) is 36.5 Å². The number of carbonyl (C=O) groups is 1. The average molecular weight is 321 g/mol. The molecule has 1 rings (SSSR count). The fourth-order valence-corrected chi connectivity index (χ4v) is 2.76. The third-order valence-electron chi connectivity index (χ3n) is 2.41. The summed E-state index contributed by atoms with van der Waals surface area (Å²) in [6, 6.07) is 5.13. The lowest BCUT2D eigenvalue weighted by Crippen LogP contribution is -2.35. The SMILES string of the molecule is CCCCSN(C(=O)N(C)C)c1ccc(Cl)c(Cl)c1. The highest BCUT2D eigenvalue weighted by atomic mass is 35.5. The largest absolute Gasteiger partial charge is 0.334 e. The first-order chi connectivity index (χ1) is 8.97. The molecule has 0 saturated carbocycles. The van der Waals surface area contributed by atoms with Crippen molar-refractivity contribution in [2.45, 2.75) is 19.8 Å². The molecule has 1 aromatic rings. The molecule has 19 heavy (non-hydrogen) atoms. The number of rotatable bonds is 5. The second-order valence-electron chi connectivity index (χ2n) is 4.26. The Morgan fingerprint density at radius 1 is 1.26 bits per heavy atom. The number of nitrogens with zero attached hydrogens (tertiary/aromatic N) is 2. The number of hydrogen-bond donors (Lipinski definition) is 0. The molecule has 0 aromatic heterocycles. The van der Waals surface area contributed by atoms with E-state index < -0.39 is 0 Å². The normalized spacial score (nSPS) is 10.4. The molecule has 0 heterocycles. The fourth-order valence-electron chi connectivity index (χ4n) is 1.33. The molecular formula is C13H18Cl2N2OS. The van der Waals surface area contributed by atoms with E-state index in [1.165, 1.54) is 11.9 Å². The molecule has 2 amide bonds. The summed E-state index contributed by atoms with van der Waals surface area (Å²) in [5.74, 6) is 0.885. The zero-order chi connectivity index (χ0) is 14.4. The van der Waals surface area contributed by atoms with E-state index in [1.807, 2.05) is 0 Å². The van der Waals surface area contributed by atoms with Crippen LogP contribution in [0.3, 0.4) is 0 Å². The predicted molar refractivity (Wildman–Crippen MR) is 85.4 cm³/mol. The molecule has 106 valence electrons. The van der Waals surface area contributed by atoms with Gasteiger partial charge < -0.3 is 4.90 Å². The minimum atomic E-state index is -0.0838. The molecule has 0 radical (unpaired) electrons. The van der Waals surface area contributed by atoms with Gasteiger partial charge in [-0.15, -0.1) is 0 Å². The van der Waals surface area contributed by atoms with E-state index in [2.05, 4.69) is 6.92 Å². The van der Waals surface area contributed by atoms with Crippen molar-refractivity contribution in [2.24, 2.45) is 0 Å². The Morgan fingerprint density at radius 3 is 2.47 bits per heavy atom. The van der Waals surface area contributed by atoms with Crippen LogP contribution in [0.4, 0.5) is 10.5 Å². The van der Waals surface area contributed by atoms with Crippen LogP contribution in [0.15, 0.2) is 18.2 Å². The minimum absolute atomic E-state index is 0.0838. The summed E-state index contributed by atoms with van der Waals surface area (Å²) < 4.78 is 1.65. The van der Waals surface area contributed by atoms with Gasteiger partial charge >= 0.3 is 6.03 Å². The van der Waals surface area contributed by atoms with Gasteiger partial charge in [-0.3, -0.25) is 0 Å². The van der Waals surface area contributed by atoms with Crippen molar-refractivity contribution < 1.29 is 4.79 Å². The molecule has 3 nitrogen and oxygen atoms in total. The van der Waals surface area contributed by atoms with E-state index >= 15 is 0 Å². The van der Waals surface area contributed by atoms with Gasteiger partial charge in [-0.25, -0.2) is 9.10 Å². The molecule has 0 atom stereocenters. The van der Waals surface area contributed by atoms with Crippen LogP contribution in [-0.2, 0) is 0 Å². The van der Waals surface area contributed by atoms with Gasteiger partial charge in [0.15, 0.2) is 0 Å². The standard InChI is InChI=1S/C13H18Cl2N2OS/c1-4-5-8-19-17(13(18)16(2)3)10-6-7-11(14)12(15)9-10/h6-7,9H,4-5,8H2,1-3H3. The van der Waals surface area contributed by atoms with Gasteiger partial charge in [0, 0.05) is 19.8 Å². The van der Waals surface area contributed by atoms with E-state index in [0.717, 1.165) is 24.3 Å². The monoisotopic (exact) mass is 320 g/mol. The molecule has 0 saturated heterocycles. The third-order valence-corrected chi connectivity index (χ3v) is 4.25. The molecule has 1 aromatic carbocycles. The molecule has 0 aliphatic heterocycles. The first-order valence-corrected chi connectivity index (χ1v) is 7.76. The molecule has 0 N–H and O–H groups in total. The van der Waals surface area contributed by atoms with Gasteiger partial charge in [0.25, 0.3) is 0 Å². The summed E-state index contributed by atoms with van der Waals surface area (Å²) in [5, 5.41) is 0.938. The zero-order valence-electron chi connectivity index (χ0n) is 11.3. The lowest BCUT2D eigenvalue weighted by atomic mass is 10.3. The lowest BCUT2D eigenvalue weighted by Gasteiger charge is -2.25. The first-order valence-electron chi connectivity index (χ1n) is 6.06. The van der Waals surface area contributed by atoms with Crippen molar-refractivity contribution in [2.75, 3.05) is 24.2 Å². The predicted octanol–water partition coefficient (Wildman–Crippen LogP) is 4.93. The minimum Gasteiger partial charge on any atom is -0.330 e. The molecule has 0 spiro atoms. The molecular weight excluding hydrogens is 303 g/mol. The van der Waals surface area contributed by atoms with Crippen molar-refractivity contribution in [3.63, 3.8) is 0 Å². The van der Waals surface area contributed by atoms with Crippen LogP contribution >= 0.6 is 35.1 Å². The Morgan fingerprint density at radius 2 is 1.95 bits per heavy atom. The number of benzene rings is 1. The Balaban J connectivity index is 2.94. The number of anilines is 1. The van der Waals surface area contributed by atoms with Crippen LogP contribution < -0.4 is 4.31 Å². The Hall–Kier alpha value is -0.580. The van der Waals surface area contributed by atoms with Gasteiger partial charge in [0.2, 0.25) is 0 Å². The number of hydrogen-bond acceptors (Lipinski definition) is 2. The second-order valence-corrected chi connectivity index (χ2v) is 6.10. The maximum absolute atomic E-state index is 12.2. The van der Waals surface area contributed by atoms with Crippen LogP contribution in [0.1, 0.15) is 19.8 Å². The lowest BCUT2D eigenvalue weighted by molar-refractivity contribution is 0.228. The highest BCUT2D eigenvalue weighted by molar-refractivity contribution is 8.01. The fraction of sp³-hybridized carbons (Fsp3) is 0.462. The molecule has 0 fully saturated rings. The topological polar surface area (TPSA) is 23.6 Å². The van der Waals surface area contributed by atoms with Crippen molar-refractivity contribution in [1.29, 1.82) is 0 Å². The van der Waals surface area contributed by atoms with Crippen molar-refractivity contribution >= 4 is 46.9 Å². The van der Waals surface area contributed by atoms with E-state index in [4.69, 9.17) is 23.2 Å². The second kappa shape index (κ2) is 7.88. The van der Waals surface area contributed by atoms with Gasteiger partial charge in [-0.05, 0) is 36.6 Å². The smallest absolute Gasteiger partial charge is 0.330 e. The highest BCUT2D eigenvalue weighted by Crippen LogP contribution is 2.31. The zero-order valence-corrected chi connectivity index (χ0v) is 13.6. The molecule has 0 bridgehead atoms. The maximum Gasteiger partial charge on any atom is 0.334 e. The summed E-state index contributed by atoms with van der Waals surface area (Å²) in [7, 11) is 3.46. The van der Waals surface area contributed by atoms with Gasteiger partial charge in [-0.2, -0.15) is 0 Å². The number of urea groups is 1. The number of unbranched alkanes of at least 4 members (excludes halogenated alkanes) is 1. The first kappa shape index (κ1) is 16.5. The summed E-state index contributed by atoms with van der Waals surface area (Å²) in [5.41, 5.74) is 0.745. The maximum atomic E-state index is 12.2. The average Bonchev–Trinajstić information content (AvgIpc) is 2.37. The van der Waals surface area contributed by atoms with E-state index in [1.54, 1.807) is 41.5 Å². The molecule has 0 unspecified atom stereocenters. The number of carbonyl (C=O) groups excluding carboxylic acids is 1. The van der Waals surface area contributed by atoms with Crippen LogP contribution in [0.2, 0.25) is 10.0 Å². The summed E-state index contributed by atoms with van der Waals surface area (Å²) in [6.45, 7) is 2.12. The van der Waals surface area contributed by atoms with E-state index in [0.29, 0.717) is 10.0 Å². The van der Waals surface area contributed by atoms with E-state index in [-0.39, 0.29) is 6.03 Å². The summed E-state index contributed by atoms with van der Waals surface area (Å²) in [4.78, 5) is 13.7. The Bertz CT molecular complexity index is 441. The van der Waals surface area contributed by atoms with Crippen molar-refractivity contribution in [1.82, 2.24) is 4.90 Å². The Kier molecular flexibility index (Phi) is 6.83. The number of halogens is 2. The van der Waals surface area contributed by atoms with Crippen LogP contribution in [0, 0.1) is 0 Å². The van der Waals surface area contributed by atoms with E-state index in [9.17, 15) is 4.79 Å². The van der Waals surface area contributed by atoms with Gasteiger partial charge in [0.1, 0.15) is 0 Å². The number of amides is 2. The molecule has 6 heteroatoms. The summed E-state index contributed by atoms with van der Waals surface area (Å²) in [6.07, 6.45) is 2.15. The third kappa shape index (κ3) is 4.79. The Labute approximate surface area is 129 Å². The van der Waals surface area contributed by atoms with Crippen LogP contribution in [0.25, 0.3) is 0 Å². The highest BCUT2D eigenvalue weighted by Gasteiger charge is 2.19. The van der Waals surface area contributed by atoms with Gasteiger partial charge in [0.05, 0.1) is 15.7 Å². The van der Waals surface area contributed by atoms with Crippen molar-refractivity contribution in [3.05, 3.63) is 28.2 Å². The van der Waals surface area contributed by atoms with Crippen LogP contribution in [0.5, 0.6) is 0 Å². The summed E-state index contributed by atoms with van der Waals surface area (Å²) >= 11 is 13.4.